The van der Waals surface area contributed by atoms with Gasteiger partial charge in [0, 0.05) is 0 Å². The molecule has 2 rings (SSSR count). The molecule has 0 N–H and O–H groups in total. The number of rotatable bonds is 0. The molecule has 0 bridgehead atoms. The summed E-state index contributed by atoms with van der Waals surface area (Å²) in [7, 11) is 0. The van der Waals surface area contributed by atoms with Gasteiger partial charge in [-0.05, 0) is 12.1 Å². The predicted octanol–water partition coefficient (Wildman–Crippen LogP) is 1.75. The van der Waals surface area contributed by atoms with E-state index in [0.29, 0.717) is 0 Å². The Hall–Kier alpha value is -1.59. The molecule has 0 fully saturated rings. The molecule has 13 heavy (non-hydrogen) atoms. The largest absolute Gasteiger partial charge is 0.431 e. The van der Waals surface area contributed by atoms with Gasteiger partial charge in [-0.1, -0.05) is 6.07 Å². The Bertz CT molecular complexity index is 432. The lowest BCUT2D eigenvalue weighted by atomic mass is 10.3. The van der Waals surface area contributed by atoms with E-state index < -0.39 is 11.9 Å². The lowest BCUT2D eigenvalue weighted by Gasteiger charge is -2.07. The third kappa shape index (κ3) is 1.24. The van der Waals surface area contributed by atoms with E-state index >= 15 is 0 Å². The first kappa shape index (κ1) is 8.03. The fourth-order valence-corrected chi connectivity index (χ4v) is 1.08. The molecule has 6 heteroatoms. The molecule has 68 valence electrons. The molecule has 2 heterocycles. The van der Waals surface area contributed by atoms with E-state index in [0.717, 1.165) is 16.8 Å². The van der Waals surface area contributed by atoms with Crippen molar-refractivity contribution in [2.45, 2.75) is 6.18 Å². The van der Waals surface area contributed by atoms with Crippen molar-refractivity contribution in [3.8, 4) is 0 Å². The maximum atomic E-state index is 12.3. The molecule has 0 aliphatic carbocycles. The van der Waals surface area contributed by atoms with E-state index in [-0.39, 0.29) is 5.65 Å². The molecule has 2 aromatic rings. The van der Waals surface area contributed by atoms with E-state index in [9.17, 15) is 13.2 Å². The van der Waals surface area contributed by atoms with E-state index in [1.165, 1.54) is 12.1 Å². The number of nitrogens with zero attached hydrogens (tertiary/aromatic N) is 3. The zero-order valence-corrected chi connectivity index (χ0v) is 6.28. The average Bonchev–Trinajstić information content (AvgIpc) is 2.48. The van der Waals surface area contributed by atoms with Crippen LogP contribution < -0.4 is 0 Å². The highest BCUT2D eigenvalue weighted by atomic mass is 19.4. The lowest BCUT2D eigenvalue weighted by Crippen LogP contribution is -2.10. The number of alkyl halides is 3. The van der Waals surface area contributed by atoms with Crippen LogP contribution in [0.2, 0.25) is 0 Å². The van der Waals surface area contributed by atoms with Gasteiger partial charge in [0.15, 0.2) is 5.65 Å². The van der Waals surface area contributed by atoms with E-state index in [2.05, 4.69) is 10.2 Å². The van der Waals surface area contributed by atoms with Crippen molar-refractivity contribution >= 4 is 5.65 Å². The summed E-state index contributed by atoms with van der Waals surface area (Å²) in [6.07, 6.45) is -3.33. The van der Waals surface area contributed by atoms with Gasteiger partial charge < -0.3 is 0 Å². The van der Waals surface area contributed by atoms with Crippen LogP contribution in [-0.4, -0.2) is 14.6 Å². The van der Waals surface area contributed by atoms with Crippen molar-refractivity contribution in [3.05, 3.63) is 30.2 Å². The topological polar surface area (TPSA) is 30.2 Å². The van der Waals surface area contributed by atoms with E-state index in [1.807, 2.05) is 0 Å². The number of aromatic nitrogens is 3. The molecule has 0 radical (unpaired) electrons. The summed E-state index contributed by atoms with van der Waals surface area (Å²) in [5.74, 6) is 0. The molecular formula is C7H4F3N3. The summed E-state index contributed by atoms with van der Waals surface area (Å²) < 4.78 is 37.9. The van der Waals surface area contributed by atoms with E-state index in [1.54, 1.807) is 0 Å². The molecule has 0 aromatic carbocycles. The van der Waals surface area contributed by atoms with Crippen molar-refractivity contribution in [3.63, 3.8) is 0 Å². The van der Waals surface area contributed by atoms with Crippen molar-refractivity contribution in [1.82, 2.24) is 14.6 Å². The van der Waals surface area contributed by atoms with Crippen molar-refractivity contribution in [1.29, 1.82) is 0 Å². The number of halogens is 3. The van der Waals surface area contributed by atoms with Gasteiger partial charge in [0.25, 0.3) is 0 Å². The number of pyridine rings is 1. The first-order valence-electron chi connectivity index (χ1n) is 3.45. The molecule has 2 aromatic heterocycles. The summed E-state index contributed by atoms with van der Waals surface area (Å²) in [6.45, 7) is 0. The highest BCUT2D eigenvalue weighted by Gasteiger charge is 2.33. The van der Waals surface area contributed by atoms with Crippen molar-refractivity contribution < 1.29 is 13.2 Å². The second kappa shape index (κ2) is 2.45. The Kier molecular flexibility index (Phi) is 1.51. The van der Waals surface area contributed by atoms with Crippen LogP contribution in [0.3, 0.4) is 0 Å². The fourth-order valence-electron chi connectivity index (χ4n) is 1.08. The fraction of sp³-hybridized carbons (Fsp3) is 0.143. The Morgan fingerprint density at radius 1 is 1.23 bits per heavy atom. The van der Waals surface area contributed by atoms with Gasteiger partial charge >= 0.3 is 6.18 Å². The minimum absolute atomic E-state index is 0.190. The first-order valence-corrected chi connectivity index (χ1v) is 3.45. The minimum Gasteiger partial charge on any atom is -0.277 e. The van der Waals surface area contributed by atoms with Crippen LogP contribution in [0.15, 0.2) is 24.5 Å². The van der Waals surface area contributed by atoms with Gasteiger partial charge in [0.05, 0.1) is 0 Å². The standard InChI is InChI=1S/C7H4F3N3/c8-7(9,10)5-2-1-3-6-12-11-4-13(5)6/h1-4H. The first-order chi connectivity index (χ1) is 6.09. The molecule has 3 nitrogen and oxygen atoms in total. The summed E-state index contributed by atoms with van der Waals surface area (Å²) in [4.78, 5) is 0. The van der Waals surface area contributed by atoms with Gasteiger partial charge in [-0.3, -0.25) is 4.40 Å². The third-order valence-corrected chi connectivity index (χ3v) is 1.62. The molecule has 0 aliphatic rings. The third-order valence-electron chi connectivity index (χ3n) is 1.62. The SMILES string of the molecule is FC(F)(F)c1cccc2nncn12. The normalized spacial score (nSPS) is 12.2. The summed E-state index contributed by atoms with van der Waals surface area (Å²) >= 11 is 0. The maximum Gasteiger partial charge on any atom is 0.431 e. The summed E-state index contributed by atoms with van der Waals surface area (Å²) in [5, 5.41) is 6.89. The zero-order chi connectivity index (χ0) is 9.47. The Morgan fingerprint density at radius 2 is 2.00 bits per heavy atom. The molecule has 0 saturated carbocycles. The van der Waals surface area contributed by atoms with Crippen LogP contribution >= 0.6 is 0 Å². The van der Waals surface area contributed by atoms with Gasteiger partial charge in [-0.25, -0.2) is 0 Å². The summed E-state index contributed by atoms with van der Waals surface area (Å²) in [5.41, 5.74) is -0.579. The molecule has 0 saturated heterocycles. The molecule has 0 atom stereocenters. The zero-order valence-electron chi connectivity index (χ0n) is 6.28. The highest BCUT2D eigenvalue weighted by molar-refractivity contribution is 5.38. The minimum atomic E-state index is -4.37. The second-order valence-electron chi connectivity index (χ2n) is 2.47. The lowest BCUT2D eigenvalue weighted by molar-refractivity contribution is -0.142. The summed E-state index contributed by atoms with van der Waals surface area (Å²) in [6, 6.07) is 3.74. The van der Waals surface area contributed by atoms with Crippen LogP contribution in [0.5, 0.6) is 0 Å². The molecule has 0 amide bonds. The van der Waals surface area contributed by atoms with Gasteiger partial charge in [0.2, 0.25) is 0 Å². The van der Waals surface area contributed by atoms with Crippen molar-refractivity contribution in [2.75, 3.05) is 0 Å². The second-order valence-corrected chi connectivity index (χ2v) is 2.47. The molecule has 0 aliphatic heterocycles. The average molecular weight is 187 g/mol. The van der Waals surface area contributed by atoms with Gasteiger partial charge in [-0.2, -0.15) is 13.2 Å². The van der Waals surface area contributed by atoms with E-state index in [4.69, 9.17) is 0 Å². The van der Waals surface area contributed by atoms with Gasteiger partial charge in [-0.15, -0.1) is 10.2 Å². The number of hydrogen-bond acceptors (Lipinski definition) is 2. The Morgan fingerprint density at radius 3 is 2.69 bits per heavy atom. The Labute approximate surface area is 70.8 Å². The Balaban J connectivity index is 2.75. The van der Waals surface area contributed by atoms with Gasteiger partial charge in [0.1, 0.15) is 12.0 Å². The number of fused-ring (bicyclic) bond motifs is 1. The van der Waals surface area contributed by atoms with Crippen LogP contribution in [0.4, 0.5) is 13.2 Å². The molecular weight excluding hydrogens is 183 g/mol. The quantitative estimate of drug-likeness (QED) is 0.628. The smallest absolute Gasteiger partial charge is 0.277 e. The van der Waals surface area contributed by atoms with Crippen LogP contribution in [-0.2, 0) is 6.18 Å². The number of hydrogen-bond donors (Lipinski definition) is 0. The van der Waals surface area contributed by atoms with Crippen LogP contribution in [0, 0.1) is 0 Å². The molecule has 0 spiro atoms. The maximum absolute atomic E-state index is 12.3. The van der Waals surface area contributed by atoms with Crippen molar-refractivity contribution in [2.24, 2.45) is 0 Å². The predicted molar refractivity (Wildman–Crippen MR) is 38.0 cm³/mol. The molecule has 0 unspecified atom stereocenters. The van der Waals surface area contributed by atoms with Crippen LogP contribution in [0.25, 0.3) is 5.65 Å². The highest BCUT2D eigenvalue weighted by Crippen LogP contribution is 2.28. The monoisotopic (exact) mass is 187 g/mol. The van der Waals surface area contributed by atoms with Crippen LogP contribution in [0.1, 0.15) is 5.69 Å².